The van der Waals surface area contributed by atoms with Gasteiger partial charge in [0, 0.05) is 17.4 Å². The molecule has 1 aromatic carbocycles. The molecule has 0 aliphatic heterocycles. The van der Waals surface area contributed by atoms with E-state index in [1.54, 1.807) is 19.1 Å². The molecule has 1 amide bonds. The number of benzene rings is 1. The van der Waals surface area contributed by atoms with Crippen molar-refractivity contribution in [3.63, 3.8) is 0 Å². The summed E-state index contributed by atoms with van der Waals surface area (Å²) in [4.78, 5) is 17.3. The van der Waals surface area contributed by atoms with Gasteiger partial charge in [0.05, 0.1) is 0 Å². The van der Waals surface area contributed by atoms with Crippen molar-refractivity contribution in [1.29, 1.82) is 0 Å². The second kappa shape index (κ2) is 6.88. The molecule has 0 spiro atoms. The Hall–Kier alpha value is -1.96. The molecule has 3 rings (SSSR count). The lowest BCUT2D eigenvalue weighted by Gasteiger charge is -2.26. The van der Waals surface area contributed by atoms with Gasteiger partial charge in [-0.25, -0.2) is 0 Å². The summed E-state index contributed by atoms with van der Waals surface area (Å²) in [5.41, 5.74) is -0.203. The standard InChI is InChI=1S/C16H17F2N3O2S/c1-10-19-14(21-23-10)16(8-2-3-9-16)20-13(22)11-4-6-12(7-5-11)24-15(17)18/h4-7,15H,2-3,8-9H2,1H3,(H,20,22). The summed E-state index contributed by atoms with van der Waals surface area (Å²) in [5, 5.41) is 7.00. The zero-order valence-corrected chi connectivity index (χ0v) is 13.9. The van der Waals surface area contributed by atoms with Gasteiger partial charge >= 0.3 is 0 Å². The number of carbonyl (C=O) groups is 1. The Morgan fingerprint density at radius 2 is 1.96 bits per heavy atom. The Bertz CT molecular complexity index is 712. The number of hydrogen-bond donors (Lipinski definition) is 1. The van der Waals surface area contributed by atoms with Gasteiger partial charge in [0.2, 0.25) is 5.89 Å². The van der Waals surface area contributed by atoms with E-state index in [1.165, 1.54) is 12.1 Å². The van der Waals surface area contributed by atoms with Crippen LogP contribution in [0.5, 0.6) is 0 Å². The van der Waals surface area contributed by atoms with Gasteiger partial charge in [-0.2, -0.15) is 13.8 Å². The van der Waals surface area contributed by atoms with Gasteiger partial charge in [-0.15, -0.1) is 0 Å². The first-order chi connectivity index (χ1) is 11.5. The van der Waals surface area contributed by atoms with Gasteiger partial charge in [0.15, 0.2) is 5.82 Å². The third-order valence-corrected chi connectivity index (χ3v) is 4.83. The van der Waals surface area contributed by atoms with Gasteiger partial charge in [0.25, 0.3) is 11.7 Å². The number of nitrogens with zero attached hydrogens (tertiary/aromatic N) is 2. The van der Waals surface area contributed by atoms with Crippen molar-refractivity contribution in [2.45, 2.75) is 48.8 Å². The molecule has 0 atom stereocenters. The average molecular weight is 353 g/mol. The number of nitrogens with one attached hydrogen (secondary N) is 1. The average Bonchev–Trinajstić information content (AvgIpc) is 3.17. The number of carbonyl (C=O) groups excluding carboxylic acids is 1. The Kier molecular flexibility index (Phi) is 4.84. The maximum Gasteiger partial charge on any atom is 0.288 e. The predicted molar refractivity (Wildman–Crippen MR) is 85.0 cm³/mol. The van der Waals surface area contributed by atoms with Crippen LogP contribution in [0.4, 0.5) is 8.78 Å². The van der Waals surface area contributed by atoms with Crippen LogP contribution in [-0.4, -0.2) is 21.8 Å². The highest BCUT2D eigenvalue weighted by atomic mass is 32.2. The van der Waals surface area contributed by atoms with Crippen LogP contribution in [-0.2, 0) is 5.54 Å². The second-order valence-electron chi connectivity index (χ2n) is 5.78. The minimum Gasteiger partial charge on any atom is -0.340 e. The van der Waals surface area contributed by atoms with E-state index in [9.17, 15) is 13.6 Å². The third-order valence-electron chi connectivity index (χ3n) is 4.11. The predicted octanol–water partition coefficient (Wildman–Crippen LogP) is 3.89. The van der Waals surface area contributed by atoms with Crippen LogP contribution in [0.2, 0.25) is 0 Å². The monoisotopic (exact) mass is 353 g/mol. The van der Waals surface area contributed by atoms with Crippen LogP contribution in [0.3, 0.4) is 0 Å². The molecule has 1 aliphatic rings. The van der Waals surface area contributed by atoms with E-state index in [1.807, 2.05) is 0 Å². The molecule has 5 nitrogen and oxygen atoms in total. The smallest absolute Gasteiger partial charge is 0.288 e. The fourth-order valence-electron chi connectivity index (χ4n) is 2.95. The molecule has 1 fully saturated rings. The summed E-state index contributed by atoms with van der Waals surface area (Å²) in [7, 11) is 0. The molecular formula is C16H17F2N3O2S. The zero-order chi connectivity index (χ0) is 17.2. The lowest BCUT2D eigenvalue weighted by molar-refractivity contribution is 0.0892. The molecule has 0 radical (unpaired) electrons. The first-order valence-electron chi connectivity index (χ1n) is 7.67. The van der Waals surface area contributed by atoms with Crippen molar-refractivity contribution in [2.24, 2.45) is 0 Å². The Morgan fingerprint density at radius 1 is 1.29 bits per heavy atom. The van der Waals surface area contributed by atoms with Crippen molar-refractivity contribution >= 4 is 17.7 Å². The number of thioether (sulfide) groups is 1. The van der Waals surface area contributed by atoms with E-state index in [-0.39, 0.29) is 5.91 Å². The SMILES string of the molecule is Cc1nc(C2(NC(=O)c3ccc(SC(F)F)cc3)CCCC2)no1. The van der Waals surface area contributed by atoms with Crippen LogP contribution >= 0.6 is 11.8 Å². The Morgan fingerprint density at radius 3 is 2.50 bits per heavy atom. The summed E-state index contributed by atoms with van der Waals surface area (Å²) in [6.07, 6.45) is 3.43. The molecule has 8 heteroatoms. The Labute approximate surface area is 142 Å². The van der Waals surface area contributed by atoms with Gasteiger partial charge in [0.1, 0.15) is 5.54 Å². The number of halogens is 2. The van der Waals surface area contributed by atoms with E-state index in [0.29, 0.717) is 33.9 Å². The molecular weight excluding hydrogens is 336 g/mol. The van der Waals surface area contributed by atoms with Crippen LogP contribution in [0.15, 0.2) is 33.7 Å². The molecule has 1 aliphatic carbocycles. The number of amides is 1. The summed E-state index contributed by atoms with van der Waals surface area (Å²) in [5.74, 6) is -1.80. The molecule has 1 N–H and O–H groups in total. The van der Waals surface area contributed by atoms with E-state index in [4.69, 9.17) is 4.52 Å². The van der Waals surface area contributed by atoms with Crippen molar-refractivity contribution in [3.05, 3.63) is 41.5 Å². The van der Waals surface area contributed by atoms with Gasteiger partial charge < -0.3 is 9.84 Å². The maximum atomic E-state index is 12.6. The molecule has 2 aromatic rings. The summed E-state index contributed by atoms with van der Waals surface area (Å²) >= 11 is 0.453. The number of hydrogen-bond acceptors (Lipinski definition) is 5. The first-order valence-corrected chi connectivity index (χ1v) is 8.55. The molecule has 1 saturated carbocycles. The number of rotatable bonds is 5. The summed E-state index contributed by atoms with van der Waals surface area (Å²) < 4.78 is 29.8. The number of aryl methyl sites for hydroxylation is 1. The molecule has 1 heterocycles. The van der Waals surface area contributed by atoms with Gasteiger partial charge in [-0.3, -0.25) is 4.79 Å². The topological polar surface area (TPSA) is 68.0 Å². The van der Waals surface area contributed by atoms with E-state index in [0.717, 1.165) is 25.7 Å². The molecule has 1 aromatic heterocycles. The van der Waals surface area contributed by atoms with E-state index < -0.39 is 11.3 Å². The quantitative estimate of drug-likeness (QED) is 0.826. The largest absolute Gasteiger partial charge is 0.340 e. The number of aromatic nitrogens is 2. The van der Waals surface area contributed by atoms with Gasteiger partial charge in [-0.05, 0) is 37.1 Å². The zero-order valence-electron chi connectivity index (χ0n) is 13.1. The number of alkyl halides is 2. The molecule has 0 bridgehead atoms. The van der Waals surface area contributed by atoms with E-state index >= 15 is 0 Å². The van der Waals surface area contributed by atoms with Crippen molar-refractivity contribution in [3.8, 4) is 0 Å². The van der Waals surface area contributed by atoms with Crippen LogP contribution in [0.1, 0.15) is 47.8 Å². The molecule has 0 unspecified atom stereocenters. The van der Waals surface area contributed by atoms with Crippen molar-refractivity contribution in [1.82, 2.24) is 15.5 Å². The molecule has 24 heavy (non-hydrogen) atoms. The maximum absolute atomic E-state index is 12.6. The van der Waals surface area contributed by atoms with Crippen molar-refractivity contribution < 1.29 is 18.1 Å². The fourth-order valence-corrected chi connectivity index (χ4v) is 3.45. The van der Waals surface area contributed by atoms with Crippen LogP contribution in [0.25, 0.3) is 0 Å². The highest BCUT2D eigenvalue weighted by Crippen LogP contribution is 2.37. The first kappa shape index (κ1) is 16.9. The fraction of sp³-hybridized carbons (Fsp3) is 0.438. The minimum absolute atomic E-state index is 0.270. The van der Waals surface area contributed by atoms with Crippen molar-refractivity contribution in [2.75, 3.05) is 0 Å². The summed E-state index contributed by atoms with van der Waals surface area (Å²) in [6.45, 7) is 1.71. The lowest BCUT2D eigenvalue weighted by Crippen LogP contribution is -2.44. The Balaban J connectivity index is 1.77. The molecule has 0 saturated heterocycles. The second-order valence-corrected chi connectivity index (χ2v) is 6.85. The highest BCUT2D eigenvalue weighted by Gasteiger charge is 2.41. The summed E-state index contributed by atoms with van der Waals surface area (Å²) in [6, 6.07) is 6.13. The highest BCUT2D eigenvalue weighted by molar-refractivity contribution is 7.99. The third kappa shape index (κ3) is 3.58. The minimum atomic E-state index is -2.48. The van der Waals surface area contributed by atoms with Gasteiger partial charge in [-0.1, -0.05) is 29.8 Å². The van der Waals surface area contributed by atoms with E-state index in [2.05, 4.69) is 15.5 Å². The normalized spacial score (nSPS) is 16.5. The van der Waals surface area contributed by atoms with Crippen LogP contribution in [0, 0.1) is 6.92 Å². The van der Waals surface area contributed by atoms with Crippen LogP contribution < -0.4 is 5.32 Å². The molecule has 128 valence electrons. The lowest BCUT2D eigenvalue weighted by atomic mass is 9.96.